The van der Waals surface area contributed by atoms with Gasteiger partial charge in [0.2, 0.25) is 11.8 Å². The molecule has 11 heteroatoms. The molecular formula is C27H28Cl3N3O4S. The Morgan fingerprint density at radius 2 is 1.53 bits per heavy atom. The highest BCUT2D eigenvalue weighted by Gasteiger charge is 2.33. The van der Waals surface area contributed by atoms with Gasteiger partial charge in [0.25, 0.3) is 10.0 Å². The summed E-state index contributed by atoms with van der Waals surface area (Å²) >= 11 is 18.6. The van der Waals surface area contributed by atoms with Crippen molar-refractivity contribution in [3.8, 4) is 0 Å². The lowest BCUT2D eigenvalue weighted by Gasteiger charge is -2.32. The molecule has 3 rings (SSSR count). The smallest absolute Gasteiger partial charge is 0.264 e. The summed E-state index contributed by atoms with van der Waals surface area (Å²) in [6, 6.07) is 16.6. The molecule has 7 nitrogen and oxygen atoms in total. The van der Waals surface area contributed by atoms with Gasteiger partial charge in [-0.1, -0.05) is 64.6 Å². The summed E-state index contributed by atoms with van der Waals surface area (Å²) in [6.07, 6.45) is 0. The van der Waals surface area contributed by atoms with E-state index in [0.717, 1.165) is 9.87 Å². The second-order valence-corrected chi connectivity index (χ2v) is 11.8. The maximum atomic E-state index is 13.8. The van der Waals surface area contributed by atoms with E-state index in [1.807, 2.05) is 6.92 Å². The maximum Gasteiger partial charge on any atom is 0.264 e. The monoisotopic (exact) mass is 595 g/mol. The van der Waals surface area contributed by atoms with Crippen LogP contribution in [0.2, 0.25) is 15.1 Å². The van der Waals surface area contributed by atoms with Gasteiger partial charge in [-0.2, -0.15) is 0 Å². The van der Waals surface area contributed by atoms with Crippen molar-refractivity contribution in [2.45, 2.75) is 38.3 Å². The summed E-state index contributed by atoms with van der Waals surface area (Å²) in [5.41, 5.74) is 1.63. The minimum Gasteiger partial charge on any atom is -0.355 e. The van der Waals surface area contributed by atoms with E-state index in [1.54, 1.807) is 50.2 Å². The summed E-state index contributed by atoms with van der Waals surface area (Å²) in [5, 5.41) is 3.58. The third-order valence-electron chi connectivity index (χ3n) is 5.85. The van der Waals surface area contributed by atoms with Crippen molar-refractivity contribution in [1.82, 2.24) is 10.2 Å². The lowest BCUT2D eigenvalue weighted by atomic mass is 10.1. The standard InChI is InChI=1S/C27H28Cl3N3O4S/c1-4-31-27(35)19(3)32(16-20-7-9-21(28)10-8-20)26(34)17-33(25-15-22(29)11-14-24(25)30)38(36,37)23-12-5-18(2)6-13-23/h5-15,19H,4,16-17H2,1-3H3,(H,31,35)/t19-/m0/s1. The number of aryl methyl sites for hydroxylation is 1. The molecule has 0 aromatic heterocycles. The van der Waals surface area contributed by atoms with E-state index < -0.39 is 28.5 Å². The van der Waals surface area contributed by atoms with Gasteiger partial charge in [-0.25, -0.2) is 8.42 Å². The van der Waals surface area contributed by atoms with Crippen LogP contribution in [-0.4, -0.2) is 44.3 Å². The van der Waals surface area contributed by atoms with E-state index in [0.29, 0.717) is 17.1 Å². The Labute approximate surface area is 238 Å². The number of benzene rings is 3. The predicted octanol–water partition coefficient (Wildman–Crippen LogP) is 5.70. The van der Waals surface area contributed by atoms with Gasteiger partial charge in [0, 0.05) is 23.1 Å². The highest BCUT2D eigenvalue weighted by molar-refractivity contribution is 7.92. The number of nitrogens with zero attached hydrogens (tertiary/aromatic N) is 2. The Balaban J connectivity index is 2.07. The van der Waals surface area contributed by atoms with Crippen LogP contribution in [-0.2, 0) is 26.2 Å². The largest absolute Gasteiger partial charge is 0.355 e. The number of rotatable bonds is 10. The molecule has 3 aromatic carbocycles. The number of carbonyl (C=O) groups excluding carboxylic acids is 2. The third-order valence-corrected chi connectivity index (χ3v) is 8.43. The SMILES string of the molecule is CCNC(=O)[C@H](C)N(Cc1ccc(Cl)cc1)C(=O)CN(c1cc(Cl)ccc1Cl)S(=O)(=O)c1ccc(C)cc1. The molecule has 0 spiro atoms. The predicted molar refractivity (Wildman–Crippen MR) is 152 cm³/mol. The van der Waals surface area contributed by atoms with Gasteiger partial charge in [0.1, 0.15) is 12.6 Å². The number of amides is 2. The zero-order valence-corrected chi connectivity index (χ0v) is 24.2. The Morgan fingerprint density at radius 3 is 2.13 bits per heavy atom. The number of hydrogen-bond acceptors (Lipinski definition) is 4. The zero-order chi connectivity index (χ0) is 28.0. The number of nitrogens with one attached hydrogen (secondary N) is 1. The van der Waals surface area contributed by atoms with Gasteiger partial charge >= 0.3 is 0 Å². The molecule has 0 aliphatic rings. The lowest BCUT2D eigenvalue weighted by molar-refractivity contribution is -0.139. The minimum absolute atomic E-state index is 0.0204. The molecular weight excluding hydrogens is 569 g/mol. The Kier molecular flexibility index (Phi) is 10.1. The van der Waals surface area contributed by atoms with Crippen LogP contribution in [0.25, 0.3) is 0 Å². The molecule has 0 unspecified atom stereocenters. The Bertz CT molecular complexity index is 1400. The summed E-state index contributed by atoms with van der Waals surface area (Å²) in [7, 11) is -4.25. The van der Waals surface area contributed by atoms with E-state index >= 15 is 0 Å². The minimum atomic E-state index is -4.25. The van der Waals surface area contributed by atoms with E-state index in [4.69, 9.17) is 34.8 Å². The van der Waals surface area contributed by atoms with Crippen molar-refractivity contribution < 1.29 is 18.0 Å². The van der Waals surface area contributed by atoms with E-state index in [9.17, 15) is 18.0 Å². The van der Waals surface area contributed by atoms with Crippen LogP contribution in [0.5, 0.6) is 0 Å². The average Bonchev–Trinajstić information content (AvgIpc) is 2.88. The van der Waals surface area contributed by atoms with E-state index in [-0.39, 0.29) is 33.1 Å². The number of likely N-dealkylation sites (N-methyl/N-ethyl adjacent to an activating group) is 1. The third kappa shape index (κ3) is 7.20. The van der Waals surface area contributed by atoms with Crippen LogP contribution in [0, 0.1) is 6.92 Å². The molecule has 2 amide bonds. The molecule has 0 heterocycles. The van der Waals surface area contributed by atoms with Crippen molar-refractivity contribution in [2.24, 2.45) is 0 Å². The fraction of sp³-hybridized carbons (Fsp3) is 0.259. The van der Waals surface area contributed by atoms with Crippen molar-refractivity contribution in [3.05, 3.63) is 92.9 Å². The first kappa shape index (κ1) is 29.8. The lowest BCUT2D eigenvalue weighted by Crippen LogP contribution is -2.51. The first-order valence-electron chi connectivity index (χ1n) is 11.8. The van der Waals surface area contributed by atoms with E-state index in [2.05, 4.69) is 5.32 Å². The summed E-state index contributed by atoms with van der Waals surface area (Å²) in [6.45, 7) is 5.00. The van der Waals surface area contributed by atoms with Crippen molar-refractivity contribution in [3.63, 3.8) is 0 Å². The Hall–Kier alpha value is -2.78. The molecule has 0 radical (unpaired) electrons. The summed E-state index contributed by atoms with van der Waals surface area (Å²) in [4.78, 5) is 27.9. The van der Waals surface area contributed by atoms with Gasteiger partial charge < -0.3 is 10.2 Å². The Morgan fingerprint density at radius 1 is 0.921 bits per heavy atom. The van der Waals surface area contributed by atoms with Crippen LogP contribution in [0.3, 0.4) is 0 Å². The van der Waals surface area contributed by atoms with Gasteiger partial charge in [0.05, 0.1) is 15.6 Å². The van der Waals surface area contributed by atoms with Crippen LogP contribution in [0.15, 0.2) is 71.6 Å². The fourth-order valence-electron chi connectivity index (χ4n) is 3.72. The molecule has 3 aromatic rings. The number of carbonyl (C=O) groups is 2. The zero-order valence-electron chi connectivity index (χ0n) is 21.1. The van der Waals surface area contributed by atoms with Gasteiger partial charge in [0.15, 0.2) is 0 Å². The fourth-order valence-corrected chi connectivity index (χ4v) is 5.71. The van der Waals surface area contributed by atoms with Gasteiger partial charge in [-0.15, -0.1) is 0 Å². The second kappa shape index (κ2) is 12.8. The molecule has 38 heavy (non-hydrogen) atoms. The van der Waals surface area contributed by atoms with Crippen molar-refractivity contribution in [1.29, 1.82) is 0 Å². The molecule has 0 bridgehead atoms. The number of anilines is 1. The second-order valence-electron chi connectivity index (χ2n) is 8.64. The van der Waals surface area contributed by atoms with Gasteiger partial charge in [-0.05, 0) is 68.8 Å². The molecule has 1 N–H and O–H groups in total. The number of halogens is 3. The first-order chi connectivity index (χ1) is 17.9. The van der Waals surface area contributed by atoms with Crippen molar-refractivity contribution in [2.75, 3.05) is 17.4 Å². The van der Waals surface area contributed by atoms with Crippen molar-refractivity contribution >= 4 is 62.3 Å². The first-order valence-corrected chi connectivity index (χ1v) is 14.4. The highest BCUT2D eigenvalue weighted by atomic mass is 35.5. The molecule has 0 fully saturated rings. The van der Waals surface area contributed by atoms with E-state index in [1.165, 1.54) is 35.2 Å². The van der Waals surface area contributed by atoms with Crippen LogP contribution < -0.4 is 9.62 Å². The topological polar surface area (TPSA) is 86.8 Å². The average molecular weight is 597 g/mol. The van der Waals surface area contributed by atoms with Crippen LogP contribution >= 0.6 is 34.8 Å². The molecule has 0 aliphatic heterocycles. The molecule has 0 saturated carbocycles. The van der Waals surface area contributed by atoms with Gasteiger partial charge in [-0.3, -0.25) is 13.9 Å². The molecule has 202 valence electrons. The molecule has 0 saturated heterocycles. The van der Waals surface area contributed by atoms with Crippen LogP contribution in [0.1, 0.15) is 25.0 Å². The number of sulfonamides is 1. The van der Waals surface area contributed by atoms with Crippen LogP contribution in [0.4, 0.5) is 5.69 Å². The maximum absolute atomic E-state index is 13.8. The summed E-state index contributed by atoms with van der Waals surface area (Å²) < 4.78 is 28.6. The normalized spacial score (nSPS) is 12.1. The summed E-state index contributed by atoms with van der Waals surface area (Å²) in [5.74, 6) is -0.978. The molecule has 1 atom stereocenters. The number of hydrogen-bond donors (Lipinski definition) is 1. The quantitative estimate of drug-likeness (QED) is 0.325. The molecule has 0 aliphatic carbocycles. The highest BCUT2D eigenvalue weighted by Crippen LogP contribution is 2.33.